The molecule has 2 rings (SSSR count). The van der Waals surface area contributed by atoms with Gasteiger partial charge in [0.2, 0.25) is 0 Å². The van der Waals surface area contributed by atoms with Crippen molar-refractivity contribution in [1.29, 1.82) is 0 Å². The van der Waals surface area contributed by atoms with Crippen molar-refractivity contribution < 1.29 is 0 Å². The summed E-state index contributed by atoms with van der Waals surface area (Å²) in [6, 6.07) is 19.4. The number of hydrazine groups is 1. The number of hydrogen-bond acceptors (Lipinski definition) is 2. The highest BCUT2D eigenvalue weighted by atomic mass is 15.2. The zero-order valence-electron chi connectivity index (χ0n) is 13.2. The van der Waals surface area contributed by atoms with Crippen molar-refractivity contribution in [1.82, 2.24) is 5.43 Å². The summed E-state index contributed by atoms with van der Waals surface area (Å²) >= 11 is 0. The van der Waals surface area contributed by atoms with Crippen LogP contribution in [0, 0.1) is 12.8 Å². The zero-order chi connectivity index (χ0) is 15.2. The maximum absolute atomic E-state index is 5.94. The van der Waals surface area contributed by atoms with Gasteiger partial charge in [0.15, 0.2) is 0 Å². The molecule has 2 heteroatoms. The Kier molecular flexibility index (Phi) is 5.54. The molecule has 0 radical (unpaired) electrons. The maximum Gasteiger partial charge on any atom is 0.0531 e. The van der Waals surface area contributed by atoms with Crippen molar-refractivity contribution in [3.63, 3.8) is 0 Å². The van der Waals surface area contributed by atoms with Gasteiger partial charge in [-0.15, -0.1) is 0 Å². The van der Waals surface area contributed by atoms with Gasteiger partial charge in [0.25, 0.3) is 0 Å². The van der Waals surface area contributed by atoms with Crippen LogP contribution in [0.5, 0.6) is 0 Å². The molecule has 112 valence electrons. The van der Waals surface area contributed by atoms with Crippen molar-refractivity contribution in [3.8, 4) is 0 Å². The third kappa shape index (κ3) is 3.72. The monoisotopic (exact) mass is 282 g/mol. The normalized spacial score (nSPS) is 15.4. The summed E-state index contributed by atoms with van der Waals surface area (Å²) in [5, 5.41) is 0. The van der Waals surface area contributed by atoms with Crippen LogP contribution in [0.1, 0.15) is 48.9 Å². The van der Waals surface area contributed by atoms with E-state index in [0.29, 0.717) is 11.8 Å². The molecule has 0 fully saturated rings. The molecule has 3 atom stereocenters. The van der Waals surface area contributed by atoms with Crippen LogP contribution >= 0.6 is 0 Å². The molecule has 0 saturated carbocycles. The Labute approximate surface area is 128 Å². The summed E-state index contributed by atoms with van der Waals surface area (Å²) in [7, 11) is 0. The predicted octanol–water partition coefficient (Wildman–Crippen LogP) is 4.33. The van der Waals surface area contributed by atoms with Crippen molar-refractivity contribution in [2.75, 3.05) is 0 Å². The van der Waals surface area contributed by atoms with E-state index in [-0.39, 0.29) is 6.04 Å². The van der Waals surface area contributed by atoms with Crippen LogP contribution < -0.4 is 11.3 Å². The molecule has 0 bridgehead atoms. The first kappa shape index (κ1) is 15.7. The highest BCUT2D eigenvalue weighted by molar-refractivity contribution is 5.31. The number of nitrogens with two attached hydrogens (primary N) is 1. The van der Waals surface area contributed by atoms with E-state index in [1.807, 2.05) is 0 Å². The smallest absolute Gasteiger partial charge is 0.0531 e. The molecule has 0 spiro atoms. The summed E-state index contributed by atoms with van der Waals surface area (Å²) in [4.78, 5) is 0. The van der Waals surface area contributed by atoms with E-state index < -0.39 is 0 Å². The van der Waals surface area contributed by atoms with Crippen LogP contribution in [0.25, 0.3) is 0 Å². The van der Waals surface area contributed by atoms with Gasteiger partial charge >= 0.3 is 0 Å². The number of hydrogen-bond donors (Lipinski definition) is 2. The second-order valence-electron chi connectivity index (χ2n) is 5.88. The maximum atomic E-state index is 5.94. The number of benzene rings is 2. The Bertz CT molecular complexity index is 551. The first-order chi connectivity index (χ1) is 10.2. The minimum atomic E-state index is 0.127. The fourth-order valence-electron chi connectivity index (χ4n) is 3.05. The van der Waals surface area contributed by atoms with Crippen molar-refractivity contribution >= 4 is 0 Å². The minimum Gasteiger partial charge on any atom is -0.271 e. The fourth-order valence-corrected chi connectivity index (χ4v) is 3.05. The van der Waals surface area contributed by atoms with Gasteiger partial charge in [-0.1, -0.05) is 80.4 Å². The molecule has 2 aromatic rings. The molecule has 3 N–H and O–H groups in total. The topological polar surface area (TPSA) is 38.0 Å². The predicted molar refractivity (Wildman–Crippen MR) is 89.9 cm³/mol. The summed E-state index contributed by atoms with van der Waals surface area (Å²) in [6.45, 7) is 6.67. The van der Waals surface area contributed by atoms with Crippen LogP contribution in [-0.2, 0) is 0 Å². The van der Waals surface area contributed by atoms with Gasteiger partial charge in [0, 0.05) is 5.92 Å². The molecule has 2 aromatic carbocycles. The second-order valence-corrected chi connectivity index (χ2v) is 5.88. The SMILES string of the molecule is CCC(C)C(c1ccccc1)C(NN)c1cccc(C)c1. The van der Waals surface area contributed by atoms with Gasteiger partial charge in [0.1, 0.15) is 0 Å². The fraction of sp³-hybridized carbons (Fsp3) is 0.368. The molecule has 0 aliphatic carbocycles. The highest BCUT2D eigenvalue weighted by Crippen LogP contribution is 2.38. The lowest BCUT2D eigenvalue weighted by molar-refractivity contribution is 0.343. The lowest BCUT2D eigenvalue weighted by Gasteiger charge is -2.32. The van der Waals surface area contributed by atoms with Gasteiger partial charge in [-0.05, 0) is 24.0 Å². The molecule has 0 heterocycles. The Balaban J connectivity index is 2.43. The van der Waals surface area contributed by atoms with E-state index in [0.717, 1.165) is 6.42 Å². The molecular formula is C19H26N2. The zero-order valence-corrected chi connectivity index (χ0v) is 13.2. The van der Waals surface area contributed by atoms with E-state index in [1.165, 1.54) is 16.7 Å². The molecule has 0 aromatic heterocycles. The molecule has 2 nitrogen and oxygen atoms in total. The lowest BCUT2D eigenvalue weighted by Crippen LogP contribution is -2.35. The van der Waals surface area contributed by atoms with Crippen LogP contribution in [0.2, 0.25) is 0 Å². The van der Waals surface area contributed by atoms with Gasteiger partial charge in [-0.25, -0.2) is 0 Å². The lowest BCUT2D eigenvalue weighted by atomic mass is 9.78. The first-order valence-electron chi connectivity index (χ1n) is 7.75. The Morgan fingerprint density at radius 3 is 2.24 bits per heavy atom. The molecule has 3 unspecified atom stereocenters. The summed E-state index contributed by atoms with van der Waals surface area (Å²) in [6.07, 6.45) is 1.13. The first-order valence-corrected chi connectivity index (χ1v) is 7.75. The van der Waals surface area contributed by atoms with Crippen molar-refractivity contribution in [2.45, 2.75) is 39.2 Å². The number of aryl methyl sites for hydroxylation is 1. The molecule has 0 aliphatic rings. The average Bonchev–Trinajstić information content (AvgIpc) is 2.52. The van der Waals surface area contributed by atoms with Crippen LogP contribution in [0.4, 0.5) is 0 Å². The second kappa shape index (κ2) is 7.39. The molecular weight excluding hydrogens is 256 g/mol. The summed E-state index contributed by atoms with van der Waals surface area (Å²) in [5.74, 6) is 6.85. The van der Waals surface area contributed by atoms with E-state index in [4.69, 9.17) is 5.84 Å². The third-order valence-electron chi connectivity index (χ3n) is 4.38. The van der Waals surface area contributed by atoms with Crippen LogP contribution in [-0.4, -0.2) is 0 Å². The Morgan fingerprint density at radius 1 is 1.00 bits per heavy atom. The largest absolute Gasteiger partial charge is 0.271 e. The standard InChI is InChI=1S/C19H26N2/c1-4-15(3)18(16-10-6-5-7-11-16)19(21-20)17-12-8-9-14(2)13-17/h5-13,15,18-19,21H,4,20H2,1-3H3. The Hall–Kier alpha value is -1.64. The minimum absolute atomic E-state index is 0.127. The quantitative estimate of drug-likeness (QED) is 0.611. The molecule has 0 aliphatic heterocycles. The average molecular weight is 282 g/mol. The molecule has 0 saturated heterocycles. The third-order valence-corrected chi connectivity index (χ3v) is 4.38. The van der Waals surface area contributed by atoms with Gasteiger partial charge in [-0.3, -0.25) is 11.3 Å². The van der Waals surface area contributed by atoms with Crippen LogP contribution in [0.15, 0.2) is 54.6 Å². The van der Waals surface area contributed by atoms with E-state index >= 15 is 0 Å². The highest BCUT2D eigenvalue weighted by Gasteiger charge is 2.28. The number of rotatable bonds is 6. The van der Waals surface area contributed by atoms with Gasteiger partial charge in [0.05, 0.1) is 6.04 Å². The summed E-state index contributed by atoms with van der Waals surface area (Å²) < 4.78 is 0. The summed E-state index contributed by atoms with van der Waals surface area (Å²) in [5.41, 5.74) is 6.93. The van der Waals surface area contributed by atoms with E-state index in [2.05, 4.69) is 80.8 Å². The molecule has 0 amide bonds. The van der Waals surface area contributed by atoms with Crippen LogP contribution in [0.3, 0.4) is 0 Å². The number of nitrogens with one attached hydrogen (secondary N) is 1. The van der Waals surface area contributed by atoms with Crippen molar-refractivity contribution in [2.24, 2.45) is 11.8 Å². The van der Waals surface area contributed by atoms with E-state index in [1.54, 1.807) is 0 Å². The molecule has 21 heavy (non-hydrogen) atoms. The van der Waals surface area contributed by atoms with E-state index in [9.17, 15) is 0 Å². The van der Waals surface area contributed by atoms with Gasteiger partial charge < -0.3 is 0 Å². The Morgan fingerprint density at radius 2 is 1.67 bits per heavy atom. The van der Waals surface area contributed by atoms with Crippen molar-refractivity contribution in [3.05, 3.63) is 71.3 Å². The van der Waals surface area contributed by atoms with Gasteiger partial charge in [-0.2, -0.15) is 0 Å².